The second-order valence-corrected chi connectivity index (χ2v) is 7.98. The summed E-state index contributed by atoms with van der Waals surface area (Å²) in [7, 11) is -3.77. The van der Waals surface area contributed by atoms with E-state index in [2.05, 4.69) is 10.3 Å². The minimum absolute atomic E-state index is 0.122. The molecular weight excluding hydrogens is 367 g/mol. The third kappa shape index (κ3) is 4.38. The standard InChI is InChI=1S/C20H17FN2O3S/c21-17-8-4-6-15(12-17)20(24)23-14-19(16-7-5-11-22-13-16)27(25,26)18-9-2-1-3-10-18/h1-13,19H,14H2,(H,23,24). The fourth-order valence-corrected chi connectivity index (χ4v) is 4.33. The molecule has 1 unspecified atom stereocenters. The molecule has 3 aromatic rings. The topological polar surface area (TPSA) is 76.1 Å². The number of nitrogens with one attached hydrogen (secondary N) is 1. The van der Waals surface area contributed by atoms with Crippen molar-refractivity contribution in [1.82, 2.24) is 10.3 Å². The first-order valence-corrected chi connectivity index (χ1v) is 9.76. The lowest BCUT2D eigenvalue weighted by atomic mass is 10.2. The third-order valence-electron chi connectivity index (χ3n) is 4.04. The van der Waals surface area contributed by atoms with Crippen LogP contribution in [0.1, 0.15) is 21.2 Å². The van der Waals surface area contributed by atoms with E-state index < -0.39 is 26.8 Å². The average Bonchev–Trinajstić information content (AvgIpc) is 2.69. The minimum atomic E-state index is -3.77. The summed E-state index contributed by atoms with van der Waals surface area (Å²) in [6.45, 7) is -0.168. The van der Waals surface area contributed by atoms with Crippen molar-refractivity contribution in [2.75, 3.05) is 6.54 Å². The van der Waals surface area contributed by atoms with E-state index in [1.165, 1.54) is 36.5 Å². The van der Waals surface area contributed by atoms with Crippen molar-refractivity contribution >= 4 is 15.7 Å². The van der Waals surface area contributed by atoms with Crippen molar-refractivity contribution in [3.8, 4) is 0 Å². The fraction of sp³-hybridized carbons (Fsp3) is 0.100. The van der Waals surface area contributed by atoms with Crippen molar-refractivity contribution in [2.24, 2.45) is 0 Å². The molecule has 27 heavy (non-hydrogen) atoms. The Morgan fingerprint density at radius 3 is 2.48 bits per heavy atom. The van der Waals surface area contributed by atoms with E-state index in [-0.39, 0.29) is 17.0 Å². The highest BCUT2D eigenvalue weighted by molar-refractivity contribution is 7.91. The number of nitrogens with zero attached hydrogens (tertiary/aromatic N) is 1. The van der Waals surface area contributed by atoms with Gasteiger partial charge in [-0.1, -0.05) is 30.3 Å². The summed E-state index contributed by atoms with van der Waals surface area (Å²) in [5.74, 6) is -1.09. The number of benzene rings is 2. The van der Waals surface area contributed by atoms with E-state index in [1.54, 1.807) is 36.5 Å². The zero-order chi connectivity index (χ0) is 19.3. The smallest absolute Gasteiger partial charge is 0.251 e. The summed E-state index contributed by atoms with van der Waals surface area (Å²) in [5, 5.41) is 1.57. The molecule has 3 rings (SSSR count). The second kappa shape index (κ2) is 8.09. The number of sulfone groups is 1. The maximum Gasteiger partial charge on any atom is 0.251 e. The average molecular weight is 384 g/mol. The van der Waals surface area contributed by atoms with Gasteiger partial charge in [-0.25, -0.2) is 12.8 Å². The van der Waals surface area contributed by atoms with Crippen LogP contribution in [0, 0.1) is 5.82 Å². The monoisotopic (exact) mass is 384 g/mol. The Bertz CT molecular complexity index is 1030. The summed E-state index contributed by atoms with van der Waals surface area (Å²) < 4.78 is 39.5. The highest BCUT2D eigenvalue weighted by atomic mass is 32.2. The van der Waals surface area contributed by atoms with Gasteiger partial charge in [-0.2, -0.15) is 0 Å². The van der Waals surface area contributed by atoms with Crippen molar-refractivity contribution in [1.29, 1.82) is 0 Å². The number of hydrogen-bond acceptors (Lipinski definition) is 4. The molecular formula is C20H17FN2O3S. The normalized spacial score (nSPS) is 12.3. The Kier molecular flexibility index (Phi) is 5.61. The van der Waals surface area contributed by atoms with Crippen molar-refractivity contribution in [3.63, 3.8) is 0 Å². The maximum atomic E-state index is 13.3. The lowest BCUT2D eigenvalue weighted by Gasteiger charge is -2.19. The fourth-order valence-electron chi connectivity index (χ4n) is 2.66. The maximum absolute atomic E-state index is 13.3. The molecule has 0 aliphatic heterocycles. The summed E-state index contributed by atoms with van der Waals surface area (Å²) >= 11 is 0. The van der Waals surface area contributed by atoms with E-state index in [1.807, 2.05) is 0 Å². The SMILES string of the molecule is O=C(NCC(c1cccnc1)S(=O)(=O)c1ccccc1)c1cccc(F)c1. The van der Waals surface area contributed by atoms with Crippen molar-refractivity contribution in [3.05, 3.63) is 96.1 Å². The van der Waals surface area contributed by atoms with E-state index in [9.17, 15) is 17.6 Å². The van der Waals surface area contributed by atoms with E-state index in [4.69, 9.17) is 0 Å². The predicted octanol–water partition coefficient (Wildman–Crippen LogP) is 3.17. The molecule has 0 fully saturated rings. The number of halogens is 1. The van der Waals surface area contributed by atoms with Crippen LogP contribution >= 0.6 is 0 Å². The van der Waals surface area contributed by atoms with Crippen LogP contribution in [0.3, 0.4) is 0 Å². The van der Waals surface area contributed by atoms with Gasteiger partial charge >= 0.3 is 0 Å². The molecule has 0 radical (unpaired) electrons. The Morgan fingerprint density at radius 2 is 1.81 bits per heavy atom. The van der Waals surface area contributed by atoms with Crippen LogP contribution in [0.5, 0.6) is 0 Å². The number of pyridine rings is 1. The zero-order valence-electron chi connectivity index (χ0n) is 14.2. The van der Waals surface area contributed by atoms with Gasteiger partial charge in [0.05, 0.1) is 4.90 Å². The first kappa shape index (κ1) is 18.7. The van der Waals surface area contributed by atoms with Crippen LogP contribution in [-0.2, 0) is 9.84 Å². The van der Waals surface area contributed by atoms with E-state index >= 15 is 0 Å². The van der Waals surface area contributed by atoms with Crippen LogP contribution < -0.4 is 5.32 Å². The molecule has 0 aliphatic rings. The summed E-state index contributed by atoms with van der Waals surface area (Å²) in [6.07, 6.45) is 3.00. The van der Waals surface area contributed by atoms with Gasteiger partial charge in [-0.15, -0.1) is 0 Å². The molecule has 0 aliphatic carbocycles. The third-order valence-corrected chi connectivity index (χ3v) is 6.15. The molecule has 1 atom stereocenters. The lowest BCUT2D eigenvalue weighted by molar-refractivity contribution is 0.0953. The Labute approximate surface area is 156 Å². The molecule has 138 valence electrons. The molecule has 5 nitrogen and oxygen atoms in total. The van der Waals surface area contributed by atoms with Gasteiger partial charge in [0.25, 0.3) is 5.91 Å². The molecule has 0 saturated heterocycles. The molecule has 0 bridgehead atoms. The number of carbonyl (C=O) groups excluding carboxylic acids is 1. The molecule has 7 heteroatoms. The zero-order valence-corrected chi connectivity index (χ0v) is 15.1. The number of hydrogen-bond donors (Lipinski definition) is 1. The van der Waals surface area contributed by atoms with Gasteiger partial charge in [0, 0.05) is 24.5 Å². The summed E-state index contributed by atoms with van der Waals surface area (Å²) in [4.78, 5) is 16.4. The minimum Gasteiger partial charge on any atom is -0.350 e. The molecule has 2 aromatic carbocycles. The number of carbonyl (C=O) groups is 1. The molecule has 1 N–H and O–H groups in total. The summed E-state index contributed by atoms with van der Waals surface area (Å²) in [5.41, 5.74) is 0.581. The van der Waals surface area contributed by atoms with Crippen LogP contribution in [0.2, 0.25) is 0 Å². The van der Waals surface area contributed by atoms with Gasteiger partial charge in [0.2, 0.25) is 0 Å². The Balaban J connectivity index is 1.89. The van der Waals surface area contributed by atoms with Crippen LogP contribution in [-0.4, -0.2) is 25.9 Å². The van der Waals surface area contributed by atoms with Gasteiger partial charge in [-0.3, -0.25) is 9.78 Å². The predicted molar refractivity (Wildman–Crippen MR) is 99.3 cm³/mol. The van der Waals surface area contributed by atoms with E-state index in [0.29, 0.717) is 5.56 Å². The highest BCUT2D eigenvalue weighted by Gasteiger charge is 2.29. The first-order chi connectivity index (χ1) is 13.0. The van der Waals surface area contributed by atoms with Gasteiger partial charge < -0.3 is 5.32 Å². The number of amides is 1. The van der Waals surface area contributed by atoms with E-state index in [0.717, 1.165) is 6.07 Å². The lowest BCUT2D eigenvalue weighted by Crippen LogP contribution is -2.32. The quantitative estimate of drug-likeness (QED) is 0.708. The Hall–Kier alpha value is -3.06. The highest BCUT2D eigenvalue weighted by Crippen LogP contribution is 2.28. The van der Waals surface area contributed by atoms with Gasteiger partial charge in [0.1, 0.15) is 11.1 Å². The van der Waals surface area contributed by atoms with Crippen LogP contribution in [0.25, 0.3) is 0 Å². The Morgan fingerprint density at radius 1 is 1.04 bits per heavy atom. The van der Waals surface area contributed by atoms with Gasteiger partial charge in [0.15, 0.2) is 9.84 Å². The second-order valence-electron chi connectivity index (χ2n) is 5.85. The van der Waals surface area contributed by atoms with Crippen LogP contribution in [0.15, 0.2) is 84.0 Å². The first-order valence-electron chi connectivity index (χ1n) is 8.21. The van der Waals surface area contributed by atoms with Crippen molar-refractivity contribution < 1.29 is 17.6 Å². The number of rotatable bonds is 6. The summed E-state index contributed by atoms with van der Waals surface area (Å²) in [6, 6.07) is 16.5. The molecule has 1 aromatic heterocycles. The largest absolute Gasteiger partial charge is 0.350 e. The molecule has 1 amide bonds. The number of aromatic nitrogens is 1. The molecule has 0 saturated carbocycles. The molecule has 1 heterocycles. The van der Waals surface area contributed by atoms with Crippen molar-refractivity contribution in [2.45, 2.75) is 10.1 Å². The molecule has 0 spiro atoms. The van der Waals surface area contributed by atoms with Gasteiger partial charge in [-0.05, 0) is 42.0 Å². The van der Waals surface area contributed by atoms with Crippen LogP contribution in [0.4, 0.5) is 4.39 Å².